The maximum Gasteiger partial charge on any atom is 0.335 e. The Morgan fingerprint density at radius 2 is 2.15 bits per heavy atom. The summed E-state index contributed by atoms with van der Waals surface area (Å²) in [5.74, 6) is -0.459. The van der Waals surface area contributed by atoms with Gasteiger partial charge in [0.25, 0.3) is 0 Å². The van der Waals surface area contributed by atoms with Crippen LogP contribution in [0.25, 0.3) is 11.0 Å². The van der Waals surface area contributed by atoms with Crippen LogP contribution >= 0.6 is 0 Å². The first-order valence-corrected chi connectivity index (χ1v) is 6.89. The Morgan fingerprint density at radius 3 is 2.70 bits per heavy atom. The average Bonchev–Trinajstić information content (AvgIpc) is 3.11. The standard InChI is InChI=1S/C15H18N2O3/c1-9(2)15(5-6-15)8-17-12-7-10(13(18)19)3-4-11(12)16-14(17)20/h3-4,7,9H,5-6,8H2,1-2H3,(H,16,20)(H,18,19). The van der Waals surface area contributed by atoms with Gasteiger partial charge in [-0.25, -0.2) is 9.59 Å². The van der Waals surface area contributed by atoms with Crippen molar-refractivity contribution in [3.8, 4) is 0 Å². The number of H-pyrrole nitrogens is 1. The average molecular weight is 274 g/mol. The normalized spacial score (nSPS) is 16.8. The van der Waals surface area contributed by atoms with Crippen LogP contribution in [-0.2, 0) is 6.54 Å². The van der Waals surface area contributed by atoms with Gasteiger partial charge in [-0.15, -0.1) is 0 Å². The number of rotatable bonds is 4. The fraction of sp³-hybridized carbons (Fsp3) is 0.467. The molecule has 0 bridgehead atoms. The van der Waals surface area contributed by atoms with E-state index in [1.165, 1.54) is 6.07 Å². The zero-order valence-corrected chi connectivity index (χ0v) is 11.6. The van der Waals surface area contributed by atoms with Crippen molar-refractivity contribution in [3.63, 3.8) is 0 Å². The molecule has 0 aliphatic heterocycles. The summed E-state index contributed by atoms with van der Waals surface area (Å²) in [6, 6.07) is 4.75. The minimum absolute atomic E-state index is 0.158. The quantitative estimate of drug-likeness (QED) is 0.899. The second-order valence-electron chi connectivity index (χ2n) is 6.07. The van der Waals surface area contributed by atoms with Gasteiger partial charge < -0.3 is 10.1 Å². The Hall–Kier alpha value is -2.04. The van der Waals surface area contributed by atoms with Crippen LogP contribution in [0.5, 0.6) is 0 Å². The highest BCUT2D eigenvalue weighted by Crippen LogP contribution is 2.53. The largest absolute Gasteiger partial charge is 0.478 e. The van der Waals surface area contributed by atoms with Gasteiger partial charge in [0.2, 0.25) is 0 Å². The van der Waals surface area contributed by atoms with Crippen molar-refractivity contribution in [1.29, 1.82) is 0 Å². The monoisotopic (exact) mass is 274 g/mol. The minimum atomic E-state index is -0.975. The molecule has 1 aromatic heterocycles. The molecular weight excluding hydrogens is 256 g/mol. The molecule has 0 amide bonds. The number of hydrogen-bond acceptors (Lipinski definition) is 2. The third-order valence-electron chi connectivity index (χ3n) is 4.61. The predicted molar refractivity (Wildman–Crippen MR) is 76.0 cm³/mol. The van der Waals surface area contributed by atoms with Gasteiger partial charge in [0.15, 0.2) is 0 Å². The molecule has 1 aliphatic rings. The maximum absolute atomic E-state index is 12.1. The van der Waals surface area contributed by atoms with E-state index < -0.39 is 5.97 Å². The first kappa shape index (κ1) is 13.0. The Morgan fingerprint density at radius 1 is 1.45 bits per heavy atom. The van der Waals surface area contributed by atoms with E-state index in [4.69, 9.17) is 5.11 Å². The zero-order chi connectivity index (χ0) is 14.5. The summed E-state index contributed by atoms with van der Waals surface area (Å²) in [6.45, 7) is 5.01. The van der Waals surface area contributed by atoms with Crippen molar-refractivity contribution in [2.45, 2.75) is 33.2 Å². The van der Waals surface area contributed by atoms with Crippen LogP contribution in [0.2, 0.25) is 0 Å². The number of aromatic carboxylic acids is 1. The summed E-state index contributed by atoms with van der Waals surface area (Å²) in [7, 11) is 0. The lowest BCUT2D eigenvalue weighted by molar-refractivity contribution is 0.0697. The van der Waals surface area contributed by atoms with Crippen LogP contribution in [0.15, 0.2) is 23.0 Å². The smallest absolute Gasteiger partial charge is 0.335 e. The highest BCUT2D eigenvalue weighted by atomic mass is 16.4. The number of benzene rings is 1. The number of nitrogens with one attached hydrogen (secondary N) is 1. The highest BCUT2D eigenvalue weighted by molar-refractivity contribution is 5.92. The third-order valence-corrected chi connectivity index (χ3v) is 4.61. The summed E-state index contributed by atoms with van der Waals surface area (Å²) in [6.07, 6.45) is 2.25. The third kappa shape index (κ3) is 1.94. The molecule has 1 aliphatic carbocycles. The van der Waals surface area contributed by atoms with Gasteiger partial charge in [0.1, 0.15) is 0 Å². The molecule has 5 heteroatoms. The minimum Gasteiger partial charge on any atom is -0.478 e. The fourth-order valence-electron chi connectivity index (χ4n) is 2.84. The molecule has 2 N–H and O–H groups in total. The van der Waals surface area contributed by atoms with Crippen LogP contribution in [0.1, 0.15) is 37.0 Å². The van der Waals surface area contributed by atoms with E-state index in [0.29, 0.717) is 23.5 Å². The summed E-state index contributed by atoms with van der Waals surface area (Å²) in [5, 5.41) is 9.08. The zero-order valence-electron chi connectivity index (χ0n) is 11.6. The van der Waals surface area contributed by atoms with Crippen LogP contribution in [-0.4, -0.2) is 20.6 Å². The summed E-state index contributed by atoms with van der Waals surface area (Å²) in [5.41, 5.74) is 1.62. The number of aromatic amines is 1. The van der Waals surface area contributed by atoms with E-state index in [0.717, 1.165) is 12.8 Å². The second-order valence-corrected chi connectivity index (χ2v) is 6.07. The first-order chi connectivity index (χ1) is 9.43. The molecule has 0 radical (unpaired) electrons. The van der Waals surface area contributed by atoms with Gasteiger partial charge in [-0.05, 0) is 42.4 Å². The molecule has 0 spiro atoms. The van der Waals surface area contributed by atoms with Crippen molar-refractivity contribution in [2.24, 2.45) is 11.3 Å². The van der Waals surface area contributed by atoms with E-state index in [-0.39, 0.29) is 16.7 Å². The Bertz CT molecular complexity index is 735. The molecule has 2 aromatic rings. The van der Waals surface area contributed by atoms with Crippen LogP contribution in [0, 0.1) is 11.3 Å². The predicted octanol–water partition coefficient (Wildman–Crippen LogP) is 2.46. The van der Waals surface area contributed by atoms with Gasteiger partial charge in [0.05, 0.1) is 16.6 Å². The van der Waals surface area contributed by atoms with E-state index in [1.807, 2.05) is 0 Å². The van der Waals surface area contributed by atoms with E-state index in [1.54, 1.807) is 16.7 Å². The maximum atomic E-state index is 12.1. The summed E-state index contributed by atoms with van der Waals surface area (Å²) >= 11 is 0. The molecule has 3 rings (SSSR count). The molecular formula is C15H18N2O3. The topological polar surface area (TPSA) is 75.1 Å². The van der Waals surface area contributed by atoms with Gasteiger partial charge >= 0.3 is 11.7 Å². The lowest BCUT2D eigenvalue weighted by Gasteiger charge is -2.20. The van der Waals surface area contributed by atoms with Gasteiger partial charge in [-0.3, -0.25) is 4.57 Å². The number of imidazole rings is 1. The van der Waals surface area contributed by atoms with Crippen molar-refractivity contribution in [3.05, 3.63) is 34.2 Å². The molecule has 5 nitrogen and oxygen atoms in total. The number of hydrogen-bond donors (Lipinski definition) is 2. The van der Waals surface area contributed by atoms with Crippen molar-refractivity contribution >= 4 is 17.0 Å². The van der Waals surface area contributed by atoms with Gasteiger partial charge in [-0.2, -0.15) is 0 Å². The number of carbonyl (C=O) groups is 1. The van der Waals surface area contributed by atoms with Gasteiger partial charge in [0, 0.05) is 6.54 Å². The van der Waals surface area contributed by atoms with Gasteiger partial charge in [-0.1, -0.05) is 13.8 Å². The Kier molecular flexibility index (Phi) is 2.74. The number of aromatic nitrogens is 2. The van der Waals surface area contributed by atoms with Crippen LogP contribution in [0.3, 0.4) is 0 Å². The molecule has 1 saturated carbocycles. The van der Waals surface area contributed by atoms with Crippen LogP contribution < -0.4 is 5.69 Å². The second kappa shape index (κ2) is 4.23. The van der Waals surface area contributed by atoms with E-state index >= 15 is 0 Å². The van der Waals surface area contributed by atoms with Crippen LogP contribution in [0.4, 0.5) is 0 Å². The molecule has 0 unspecified atom stereocenters. The molecule has 1 fully saturated rings. The lowest BCUT2D eigenvalue weighted by atomic mass is 9.92. The van der Waals surface area contributed by atoms with Crippen molar-refractivity contribution in [1.82, 2.24) is 9.55 Å². The Balaban J connectivity index is 2.10. The number of fused-ring (bicyclic) bond motifs is 1. The SMILES string of the molecule is CC(C)C1(Cn2c(=O)[nH]c3ccc(C(=O)O)cc32)CC1. The molecule has 0 saturated heterocycles. The lowest BCUT2D eigenvalue weighted by Crippen LogP contribution is -2.25. The Labute approximate surface area is 116 Å². The number of carboxylic acids is 1. The molecule has 1 aromatic carbocycles. The molecule has 106 valence electrons. The number of nitrogens with zero attached hydrogens (tertiary/aromatic N) is 1. The van der Waals surface area contributed by atoms with E-state index in [9.17, 15) is 9.59 Å². The fourth-order valence-corrected chi connectivity index (χ4v) is 2.84. The first-order valence-electron chi connectivity index (χ1n) is 6.89. The molecule has 0 atom stereocenters. The highest BCUT2D eigenvalue weighted by Gasteiger charge is 2.46. The molecule has 1 heterocycles. The van der Waals surface area contributed by atoms with Crippen molar-refractivity contribution in [2.75, 3.05) is 0 Å². The molecule has 20 heavy (non-hydrogen) atoms. The summed E-state index contributed by atoms with van der Waals surface area (Å²) < 4.78 is 1.69. The van der Waals surface area contributed by atoms with Crippen molar-refractivity contribution < 1.29 is 9.90 Å². The van der Waals surface area contributed by atoms with E-state index in [2.05, 4.69) is 18.8 Å². The number of carboxylic acid groups (broad SMARTS) is 1. The summed E-state index contributed by atoms with van der Waals surface area (Å²) in [4.78, 5) is 26.0.